The van der Waals surface area contributed by atoms with E-state index in [1.807, 2.05) is 18.2 Å². The first-order valence-electron chi connectivity index (χ1n) is 5.65. The minimum absolute atomic E-state index is 0.0358. The van der Waals surface area contributed by atoms with Gasteiger partial charge in [0, 0.05) is 18.6 Å². The average Bonchev–Trinajstić information content (AvgIpc) is 2.57. The van der Waals surface area contributed by atoms with Crippen LogP contribution in [0.5, 0.6) is 0 Å². The molecule has 1 aliphatic rings. The van der Waals surface area contributed by atoms with E-state index in [0.717, 1.165) is 6.54 Å². The van der Waals surface area contributed by atoms with E-state index in [1.165, 1.54) is 11.1 Å². The molecular weight excluding hydrogens is 202 g/mol. The smallest absolute Gasteiger partial charge is 0.305 e. The maximum absolute atomic E-state index is 10.9. The molecule has 1 N–H and O–H groups in total. The van der Waals surface area contributed by atoms with Crippen molar-refractivity contribution in [2.75, 3.05) is 0 Å². The van der Waals surface area contributed by atoms with Gasteiger partial charge in [-0.3, -0.25) is 9.69 Å². The number of carboxylic acid groups (broad SMARTS) is 1. The van der Waals surface area contributed by atoms with Crippen LogP contribution in [-0.2, 0) is 11.3 Å². The lowest BCUT2D eigenvalue weighted by Crippen LogP contribution is -2.30. The molecule has 3 heteroatoms. The molecule has 1 aromatic rings. The zero-order valence-corrected chi connectivity index (χ0v) is 9.68. The van der Waals surface area contributed by atoms with E-state index in [0.29, 0.717) is 6.04 Å². The molecule has 0 unspecified atom stereocenters. The first kappa shape index (κ1) is 11.1. The van der Waals surface area contributed by atoms with Crippen molar-refractivity contribution in [1.29, 1.82) is 0 Å². The van der Waals surface area contributed by atoms with Gasteiger partial charge >= 0.3 is 5.97 Å². The Morgan fingerprint density at radius 1 is 1.50 bits per heavy atom. The Kier molecular flexibility index (Phi) is 2.97. The molecule has 0 aromatic heterocycles. The molecule has 2 rings (SSSR count). The molecule has 0 saturated heterocycles. The second-order valence-electron chi connectivity index (χ2n) is 4.58. The zero-order valence-electron chi connectivity index (χ0n) is 9.68. The van der Waals surface area contributed by atoms with Crippen LogP contribution in [0.4, 0.5) is 0 Å². The van der Waals surface area contributed by atoms with E-state index < -0.39 is 5.97 Å². The van der Waals surface area contributed by atoms with Crippen molar-refractivity contribution in [3.63, 3.8) is 0 Å². The van der Waals surface area contributed by atoms with Gasteiger partial charge in [0.1, 0.15) is 0 Å². The molecule has 0 radical (unpaired) electrons. The molecule has 1 aliphatic heterocycles. The first-order chi connectivity index (χ1) is 7.59. The summed E-state index contributed by atoms with van der Waals surface area (Å²) in [6.45, 7) is 5.09. The summed E-state index contributed by atoms with van der Waals surface area (Å²) in [6.07, 6.45) is 0.190. The summed E-state index contributed by atoms with van der Waals surface area (Å²) in [5, 5.41) is 8.97. The second-order valence-corrected chi connectivity index (χ2v) is 4.58. The number of nitrogens with zero attached hydrogens (tertiary/aromatic N) is 1. The highest BCUT2D eigenvalue weighted by Gasteiger charge is 2.32. The lowest BCUT2D eigenvalue weighted by molar-refractivity contribution is -0.138. The van der Waals surface area contributed by atoms with Gasteiger partial charge < -0.3 is 5.11 Å². The van der Waals surface area contributed by atoms with E-state index in [2.05, 4.69) is 24.8 Å². The number of carbonyl (C=O) groups is 1. The molecule has 0 spiro atoms. The number of rotatable bonds is 3. The highest BCUT2D eigenvalue weighted by molar-refractivity contribution is 5.68. The summed E-state index contributed by atoms with van der Waals surface area (Å²) in [5.74, 6) is -0.729. The van der Waals surface area contributed by atoms with Crippen LogP contribution in [-0.4, -0.2) is 22.0 Å². The molecule has 1 atom stereocenters. The van der Waals surface area contributed by atoms with Gasteiger partial charge in [0.2, 0.25) is 0 Å². The third kappa shape index (κ3) is 1.95. The summed E-state index contributed by atoms with van der Waals surface area (Å²) in [6, 6.07) is 8.54. The lowest BCUT2D eigenvalue weighted by Gasteiger charge is -2.27. The number of hydrogen-bond acceptors (Lipinski definition) is 2. The van der Waals surface area contributed by atoms with E-state index in [1.54, 1.807) is 0 Å². The van der Waals surface area contributed by atoms with Gasteiger partial charge in [0.15, 0.2) is 0 Å². The summed E-state index contributed by atoms with van der Waals surface area (Å²) in [4.78, 5) is 13.2. The number of carboxylic acids is 1. The SMILES string of the molecule is CC(C)N1Cc2ccccc2[C@H]1CC(=O)O. The Balaban J connectivity index is 2.32. The maximum Gasteiger partial charge on any atom is 0.305 e. The summed E-state index contributed by atoms with van der Waals surface area (Å²) in [5.41, 5.74) is 2.45. The average molecular weight is 219 g/mol. The Morgan fingerprint density at radius 2 is 2.19 bits per heavy atom. The van der Waals surface area contributed by atoms with Crippen LogP contribution < -0.4 is 0 Å². The third-order valence-electron chi connectivity index (χ3n) is 3.20. The van der Waals surface area contributed by atoms with Gasteiger partial charge in [-0.25, -0.2) is 0 Å². The van der Waals surface area contributed by atoms with E-state index in [9.17, 15) is 4.79 Å². The fourth-order valence-electron chi connectivity index (χ4n) is 2.42. The number of hydrogen-bond donors (Lipinski definition) is 1. The van der Waals surface area contributed by atoms with Gasteiger partial charge in [0.05, 0.1) is 6.42 Å². The lowest BCUT2D eigenvalue weighted by atomic mass is 10.0. The van der Waals surface area contributed by atoms with Crippen molar-refractivity contribution in [2.45, 2.75) is 38.9 Å². The van der Waals surface area contributed by atoms with Gasteiger partial charge in [-0.2, -0.15) is 0 Å². The summed E-state index contributed by atoms with van der Waals surface area (Å²) >= 11 is 0. The maximum atomic E-state index is 10.9. The van der Waals surface area contributed by atoms with Crippen LogP contribution in [0.3, 0.4) is 0 Å². The third-order valence-corrected chi connectivity index (χ3v) is 3.20. The van der Waals surface area contributed by atoms with Crippen LogP contribution >= 0.6 is 0 Å². The van der Waals surface area contributed by atoms with Crippen LogP contribution in [0.2, 0.25) is 0 Å². The molecule has 1 heterocycles. The topological polar surface area (TPSA) is 40.5 Å². The van der Waals surface area contributed by atoms with E-state index in [4.69, 9.17) is 5.11 Å². The predicted octanol–water partition coefficient (Wildman–Crippen LogP) is 2.43. The van der Waals surface area contributed by atoms with Gasteiger partial charge in [-0.1, -0.05) is 24.3 Å². The molecule has 0 saturated carbocycles. The molecule has 1 aromatic carbocycles. The van der Waals surface area contributed by atoms with Crippen LogP contribution in [0.1, 0.15) is 37.4 Å². The van der Waals surface area contributed by atoms with Gasteiger partial charge in [-0.15, -0.1) is 0 Å². The summed E-state index contributed by atoms with van der Waals surface area (Å²) in [7, 11) is 0. The van der Waals surface area contributed by atoms with E-state index >= 15 is 0 Å². The highest BCUT2D eigenvalue weighted by atomic mass is 16.4. The van der Waals surface area contributed by atoms with Crippen molar-refractivity contribution in [3.8, 4) is 0 Å². The predicted molar refractivity (Wildman–Crippen MR) is 62.1 cm³/mol. The molecule has 3 nitrogen and oxygen atoms in total. The first-order valence-corrected chi connectivity index (χ1v) is 5.65. The molecule has 86 valence electrons. The Labute approximate surface area is 95.7 Å². The van der Waals surface area contributed by atoms with Crippen molar-refractivity contribution in [3.05, 3.63) is 35.4 Å². The van der Waals surface area contributed by atoms with Crippen LogP contribution in [0.25, 0.3) is 0 Å². The standard InChI is InChI=1S/C13H17NO2/c1-9(2)14-8-10-5-3-4-6-11(10)12(14)7-13(15)16/h3-6,9,12H,7-8H2,1-2H3,(H,15,16)/t12-/m1/s1. The largest absolute Gasteiger partial charge is 0.481 e. The fourth-order valence-corrected chi connectivity index (χ4v) is 2.42. The number of benzene rings is 1. The molecule has 16 heavy (non-hydrogen) atoms. The van der Waals surface area contributed by atoms with Crippen LogP contribution in [0.15, 0.2) is 24.3 Å². The van der Waals surface area contributed by atoms with Crippen LogP contribution in [0, 0.1) is 0 Å². The molecular formula is C13H17NO2. The minimum atomic E-state index is -0.729. The molecule has 0 amide bonds. The molecule has 0 fully saturated rings. The molecule has 0 bridgehead atoms. The minimum Gasteiger partial charge on any atom is -0.481 e. The Hall–Kier alpha value is -1.35. The Morgan fingerprint density at radius 3 is 2.81 bits per heavy atom. The fraction of sp³-hybridized carbons (Fsp3) is 0.462. The van der Waals surface area contributed by atoms with Crippen molar-refractivity contribution in [2.24, 2.45) is 0 Å². The van der Waals surface area contributed by atoms with E-state index in [-0.39, 0.29) is 12.5 Å². The Bertz CT molecular complexity index is 401. The number of fused-ring (bicyclic) bond motifs is 1. The monoisotopic (exact) mass is 219 g/mol. The van der Waals surface area contributed by atoms with Gasteiger partial charge in [-0.05, 0) is 25.0 Å². The second kappa shape index (κ2) is 4.26. The normalized spacial score (nSPS) is 20.1. The van der Waals surface area contributed by atoms with Crippen molar-refractivity contribution >= 4 is 5.97 Å². The number of aliphatic carboxylic acids is 1. The summed E-state index contributed by atoms with van der Waals surface area (Å²) < 4.78 is 0. The quantitative estimate of drug-likeness (QED) is 0.848. The van der Waals surface area contributed by atoms with Gasteiger partial charge in [0.25, 0.3) is 0 Å². The van der Waals surface area contributed by atoms with Crippen molar-refractivity contribution in [1.82, 2.24) is 4.90 Å². The highest BCUT2D eigenvalue weighted by Crippen LogP contribution is 2.37. The zero-order chi connectivity index (χ0) is 11.7. The molecule has 0 aliphatic carbocycles. The van der Waals surface area contributed by atoms with Crippen molar-refractivity contribution < 1.29 is 9.90 Å².